The number of carbonyl (C=O) groups excluding carboxylic acids is 2. The maximum atomic E-state index is 11.0. The number of ether oxygens (including phenoxy) is 2. The first-order valence-electron chi connectivity index (χ1n) is 5.06. The second-order valence-electron chi connectivity index (χ2n) is 3.27. The fourth-order valence-electron chi connectivity index (χ4n) is 0.779. The van der Waals surface area contributed by atoms with Gasteiger partial charge in [0.2, 0.25) is 0 Å². The molecular weight excluding hydrogens is 344 g/mol. The van der Waals surface area contributed by atoms with Crippen LogP contribution in [-0.4, -0.2) is 34.8 Å². The fourth-order valence-corrected chi connectivity index (χ4v) is 1.04. The van der Waals surface area contributed by atoms with Gasteiger partial charge in [-0.05, 0) is 26.7 Å². The van der Waals surface area contributed by atoms with E-state index in [9.17, 15) is 9.59 Å². The Morgan fingerprint density at radius 1 is 0.938 bits per heavy atom. The molecule has 0 aromatic rings. The standard InChI is InChI=1S/C10H16Br2O4/c1-7(11)9(13)15-5-3-4-6-16-10(14)8(2)12/h7-8H,3-6H2,1-2H3. The Labute approximate surface area is 112 Å². The van der Waals surface area contributed by atoms with E-state index in [0.717, 1.165) is 0 Å². The van der Waals surface area contributed by atoms with Crippen LogP contribution in [0, 0.1) is 0 Å². The minimum Gasteiger partial charge on any atom is -0.465 e. The van der Waals surface area contributed by atoms with Crippen molar-refractivity contribution in [1.29, 1.82) is 0 Å². The normalized spacial score (nSPS) is 14.0. The summed E-state index contributed by atoms with van der Waals surface area (Å²) in [5.41, 5.74) is 0. The largest absolute Gasteiger partial charge is 0.465 e. The van der Waals surface area contributed by atoms with Crippen molar-refractivity contribution in [3.05, 3.63) is 0 Å². The molecule has 0 aliphatic heterocycles. The Morgan fingerprint density at radius 3 is 1.50 bits per heavy atom. The van der Waals surface area contributed by atoms with E-state index in [1.165, 1.54) is 0 Å². The van der Waals surface area contributed by atoms with Crippen LogP contribution >= 0.6 is 31.9 Å². The predicted octanol–water partition coefficient (Wildman–Crippen LogP) is 2.42. The van der Waals surface area contributed by atoms with Gasteiger partial charge in [0.15, 0.2) is 0 Å². The molecule has 4 nitrogen and oxygen atoms in total. The lowest BCUT2D eigenvalue weighted by Crippen LogP contribution is -2.16. The molecule has 0 spiro atoms. The van der Waals surface area contributed by atoms with E-state index in [1.54, 1.807) is 13.8 Å². The summed E-state index contributed by atoms with van der Waals surface area (Å²) in [7, 11) is 0. The summed E-state index contributed by atoms with van der Waals surface area (Å²) in [6.45, 7) is 4.13. The molecule has 0 saturated heterocycles. The quantitative estimate of drug-likeness (QED) is 0.398. The van der Waals surface area contributed by atoms with Crippen molar-refractivity contribution in [3.63, 3.8) is 0 Å². The second kappa shape index (κ2) is 8.98. The van der Waals surface area contributed by atoms with Crippen LogP contribution in [-0.2, 0) is 19.1 Å². The van der Waals surface area contributed by atoms with Gasteiger partial charge in [0, 0.05) is 0 Å². The van der Waals surface area contributed by atoms with Gasteiger partial charge in [0.25, 0.3) is 0 Å². The summed E-state index contributed by atoms with van der Waals surface area (Å²) in [5.74, 6) is -0.544. The van der Waals surface area contributed by atoms with E-state index in [1.807, 2.05) is 0 Å². The Balaban J connectivity index is 3.35. The van der Waals surface area contributed by atoms with Crippen molar-refractivity contribution in [2.24, 2.45) is 0 Å². The van der Waals surface area contributed by atoms with Crippen LogP contribution in [0.3, 0.4) is 0 Å². The lowest BCUT2D eigenvalue weighted by molar-refractivity contribution is -0.145. The van der Waals surface area contributed by atoms with Gasteiger partial charge in [-0.1, -0.05) is 31.9 Å². The van der Waals surface area contributed by atoms with E-state index >= 15 is 0 Å². The third kappa shape index (κ3) is 8.10. The average molecular weight is 360 g/mol. The molecule has 0 fully saturated rings. The average Bonchev–Trinajstić information content (AvgIpc) is 2.21. The molecule has 0 radical (unpaired) electrons. The summed E-state index contributed by atoms with van der Waals surface area (Å²) in [6.07, 6.45) is 1.38. The molecule has 0 saturated carbocycles. The van der Waals surface area contributed by atoms with Crippen molar-refractivity contribution in [2.75, 3.05) is 13.2 Å². The van der Waals surface area contributed by atoms with Crippen molar-refractivity contribution < 1.29 is 19.1 Å². The first-order chi connectivity index (χ1) is 7.45. The third-order valence-corrected chi connectivity index (χ3v) is 2.42. The molecule has 0 aliphatic carbocycles. The Bertz CT molecular complexity index is 205. The first-order valence-corrected chi connectivity index (χ1v) is 6.89. The summed E-state index contributed by atoms with van der Waals surface area (Å²) >= 11 is 6.22. The predicted molar refractivity (Wildman–Crippen MR) is 67.9 cm³/mol. The second-order valence-corrected chi connectivity index (χ2v) is 6.02. The maximum absolute atomic E-state index is 11.0. The Hall–Kier alpha value is -0.100. The van der Waals surface area contributed by atoms with Crippen molar-refractivity contribution in [1.82, 2.24) is 0 Å². The van der Waals surface area contributed by atoms with Gasteiger partial charge in [-0.2, -0.15) is 0 Å². The number of alkyl halides is 2. The third-order valence-electron chi connectivity index (χ3n) is 1.68. The first kappa shape index (κ1) is 15.9. The number of hydrogen-bond donors (Lipinski definition) is 0. The molecule has 0 bridgehead atoms. The van der Waals surface area contributed by atoms with E-state index in [2.05, 4.69) is 31.9 Å². The molecule has 16 heavy (non-hydrogen) atoms. The zero-order valence-corrected chi connectivity index (χ0v) is 12.5. The van der Waals surface area contributed by atoms with E-state index < -0.39 is 0 Å². The Morgan fingerprint density at radius 2 is 1.25 bits per heavy atom. The van der Waals surface area contributed by atoms with Crippen molar-refractivity contribution >= 4 is 43.8 Å². The molecule has 0 aliphatic rings. The summed E-state index contributed by atoms with van der Waals surface area (Å²) < 4.78 is 9.84. The van der Waals surface area contributed by atoms with E-state index in [4.69, 9.17) is 9.47 Å². The highest BCUT2D eigenvalue weighted by Gasteiger charge is 2.10. The number of rotatable bonds is 7. The highest BCUT2D eigenvalue weighted by molar-refractivity contribution is 9.10. The Kier molecular flexibility index (Phi) is 8.93. The van der Waals surface area contributed by atoms with Crippen molar-refractivity contribution in [3.8, 4) is 0 Å². The number of unbranched alkanes of at least 4 members (excludes halogenated alkanes) is 1. The molecule has 0 rings (SSSR count). The topological polar surface area (TPSA) is 52.6 Å². The minimum atomic E-state index is -0.278. The molecule has 2 atom stereocenters. The fraction of sp³-hybridized carbons (Fsp3) is 0.800. The van der Waals surface area contributed by atoms with Gasteiger partial charge in [-0.15, -0.1) is 0 Å². The molecule has 2 unspecified atom stereocenters. The minimum absolute atomic E-state index is 0.272. The molecule has 0 amide bonds. The lowest BCUT2D eigenvalue weighted by Gasteiger charge is -2.07. The highest BCUT2D eigenvalue weighted by atomic mass is 79.9. The zero-order valence-electron chi connectivity index (χ0n) is 9.37. The SMILES string of the molecule is CC(Br)C(=O)OCCCCOC(=O)C(C)Br. The summed E-state index contributed by atoms with van der Waals surface area (Å²) in [4.78, 5) is 21.5. The van der Waals surface area contributed by atoms with Crippen LogP contribution < -0.4 is 0 Å². The molecule has 0 heterocycles. The van der Waals surface area contributed by atoms with Crippen LogP contribution in [0.25, 0.3) is 0 Å². The monoisotopic (exact) mass is 358 g/mol. The van der Waals surface area contributed by atoms with Crippen LogP contribution in [0.2, 0.25) is 0 Å². The summed E-state index contributed by atoms with van der Waals surface area (Å²) in [5, 5.41) is 0. The van der Waals surface area contributed by atoms with Crippen LogP contribution in [0.1, 0.15) is 26.7 Å². The lowest BCUT2D eigenvalue weighted by atomic mass is 10.3. The van der Waals surface area contributed by atoms with Gasteiger partial charge in [0.1, 0.15) is 9.65 Å². The molecule has 0 N–H and O–H groups in total. The smallest absolute Gasteiger partial charge is 0.319 e. The molecule has 6 heteroatoms. The van der Waals surface area contributed by atoms with Gasteiger partial charge in [-0.25, -0.2) is 0 Å². The van der Waals surface area contributed by atoms with Gasteiger partial charge >= 0.3 is 11.9 Å². The number of carbonyl (C=O) groups is 2. The molecule has 0 aromatic heterocycles. The van der Waals surface area contributed by atoms with Crippen LogP contribution in [0.5, 0.6) is 0 Å². The maximum Gasteiger partial charge on any atom is 0.319 e. The number of esters is 2. The number of hydrogen-bond acceptors (Lipinski definition) is 4. The van der Waals surface area contributed by atoms with Crippen LogP contribution in [0.4, 0.5) is 0 Å². The van der Waals surface area contributed by atoms with E-state index in [-0.39, 0.29) is 21.6 Å². The highest BCUT2D eigenvalue weighted by Crippen LogP contribution is 2.03. The number of halogens is 2. The van der Waals surface area contributed by atoms with E-state index in [0.29, 0.717) is 26.1 Å². The molecular formula is C10H16Br2O4. The van der Waals surface area contributed by atoms with Crippen molar-refractivity contribution in [2.45, 2.75) is 36.3 Å². The molecule has 0 aromatic carbocycles. The molecule has 94 valence electrons. The van der Waals surface area contributed by atoms with Crippen LogP contribution in [0.15, 0.2) is 0 Å². The zero-order chi connectivity index (χ0) is 12.6. The van der Waals surface area contributed by atoms with Gasteiger partial charge in [0.05, 0.1) is 13.2 Å². The summed E-state index contributed by atoms with van der Waals surface area (Å²) in [6, 6.07) is 0. The van der Waals surface area contributed by atoms with Gasteiger partial charge < -0.3 is 9.47 Å². The van der Waals surface area contributed by atoms with Gasteiger partial charge in [-0.3, -0.25) is 9.59 Å².